The number of rotatable bonds is 7. The molecule has 1 rings (SSSR count). The molecule has 2 amide bonds. The molecule has 1 fully saturated rings. The minimum atomic E-state index is -0.482. The molecule has 0 aromatic carbocycles. The Labute approximate surface area is 113 Å². The van der Waals surface area contributed by atoms with Crippen molar-refractivity contribution in [1.82, 2.24) is 10.4 Å². The molecular formula is C13H22N2O4. The van der Waals surface area contributed by atoms with Crippen LogP contribution < -0.4 is 5.48 Å². The molecule has 0 aromatic heterocycles. The van der Waals surface area contributed by atoms with Crippen LogP contribution in [0.3, 0.4) is 0 Å². The van der Waals surface area contributed by atoms with Gasteiger partial charge in [0.05, 0.1) is 0 Å². The molecule has 19 heavy (non-hydrogen) atoms. The normalized spacial score (nSPS) is 15.6. The molecule has 6 heteroatoms. The lowest BCUT2D eigenvalue weighted by atomic mass is 9.88. The molecule has 0 bridgehead atoms. The maximum atomic E-state index is 12.3. The number of hydrogen-bond acceptors (Lipinski definition) is 4. The van der Waals surface area contributed by atoms with Crippen molar-refractivity contribution in [3.63, 3.8) is 0 Å². The molecular weight excluding hydrogens is 248 g/mol. The second-order valence-electron chi connectivity index (χ2n) is 4.83. The van der Waals surface area contributed by atoms with Crippen LogP contribution in [0.1, 0.15) is 45.4 Å². The fraction of sp³-hybridized carbons (Fsp3) is 0.769. The zero-order valence-electron chi connectivity index (χ0n) is 11.4. The highest BCUT2D eigenvalue weighted by Crippen LogP contribution is 2.25. The number of nitrogens with zero attached hydrogens (tertiary/aromatic N) is 1. The Morgan fingerprint density at radius 3 is 2.58 bits per heavy atom. The monoisotopic (exact) mass is 270 g/mol. The van der Waals surface area contributed by atoms with E-state index in [4.69, 9.17) is 0 Å². The van der Waals surface area contributed by atoms with Gasteiger partial charge in [0.25, 0.3) is 5.91 Å². The van der Waals surface area contributed by atoms with Crippen LogP contribution in [-0.4, -0.2) is 36.3 Å². The topological polar surface area (TPSA) is 75.7 Å². The number of amides is 2. The first-order valence-electron chi connectivity index (χ1n) is 6.86. The third kappa shape index (κ3) is 5.28. The maximum absolute atomic E-state index is 12.3. The highest BCUT2D eigenvalue weighted by atomic mass is 16.7. The van der Waals surface area contributed by atoms with Crippen LogP contribution in [0.2, 0.25) is 0 Å². The van der Waals surface area contributed by atoms with E-state index in [9.17, 15) is 14.4 Å². The second-order valence-corrected chi connectivity index (χ2v) is 4.83. The summed E-state index contributed by atoms with van der Waals surface area (Å²) in [6.07, 6.45) is 5.95. The van der Waals surface area contributed by atoms with Crippen molar-refractivity contribution in [2.45, 2.75) is 45.4 Å². The first kappa shape index (κ1) is 15.5. The third-order valence-corrected chi connectivity index (χ3v) is 3.31. The number of hydrogen-bond donors (Lipinski definition) is 1. The largest absolute Gasteiger partial charge is 0.344 e. The van der Waals surface area contributed by atoms with Gasteiger partial charge in [-0.15, -0.1) is 0 Å². The molecule has 0 heterocycles. The predicted molar refractivity (Wildman–Crippen MR) is 68.7 cm³/mol. The van der Waals surface area contributed by atoms with Gasteiger partial charge in [0.15, 0.2) is 0 Å². The van der Waals surface area contributed by atoms with Crippen LogP contribution in [0.4, 0.5) is 0 Å². The first-order valence-corrected chi connectivity index (χ1v) is 6.86. The van der Waals surface area contributed by atoms with Crippen LogP contribution >= 0.6 is 0 Å². The molecule has 1 aliphatic carbocycles. The van der Waals surface area contributed by atoms with Gasteiger partial charge in [-0.3, -0.25) is 14.4 Å². The molecule has 108 valence electrons. The molecule has 6 nitrogen and oxygen atoms in total. The highest BCUT2D eigenvalue weighted by molar-refractivity contribution is 5.85. The lowest BCUT2D eigenvalue weighted by Crippen LogP contribution is -2.44. The Morgan fingerprint density at radius 2 is 2.00 bits per heavy atom. The number of carbonyl (C=O) groups excluding carboxylic acids is 3. The van der Waals surface area contributed by atoms with Gasteiger partial charge in [-0.2, -0.15) is 5.48 Å². The SMILES string of the molecule is CCCN(CC(=O)NOC=O)C(=O)C1CCCCC1. The molecule has 0 atom stereocenters. The molecule has 1 N–H and O–H groups in total. The number of carbonyl (C=O) groups is 3. The van der Waals surface area contributed by atoms with Gasteiger partial charge in [0, 0.05) is 12.5 Å². The minimum absolute atomic E-state index is 0.0417. The molecule has 0 aliphatic heterocycles. The summed E-state index contributed by atoms with van der Waals surface area (Å²) in [5.74, 6) is -0.396. The summed E-state index contributed by atoms with van der Waals surface area (Å²) in [7, 11) is 0. The van der Waals surface area contributed by atoms with Crippen molar-refractivity contribution in [2.24, 2.45) is 5.92 Å². The van der Waals surface area contributed by atoms with E-state index in [0.717, 1.165) is 32.1 Å². The summed E-state index contributed by atoms with van der Waals surface area (Å²) in [4.78, 5) is 39.5. The van der Waals surface area contributed by atoms with Crippen molar-refractivity contribution < 1.29 is 19.2 Å². The highest BCUT2D eigenvalue weighted by Gasteiger charge is 2.26. The summed E-state index contributed by atoms with van der Waals surface area (Å²) < 4.78 is 0. The van der Waals surface area contributed by atoms with Gasteiger partial charge >= 0.3 is 6.47 Å². The lowest BCUT2D eigenvalue weighted by Gasteiger charge is -2.28. The van der Waals surface area contributed by atoms with Gasteiger partial charge in [0.1, 0.15) is 6.54 Å². The van der Waals surface area contributed by atoms with Crippen molar-refractivity contribution in [3.8, 4) is 0 Å². The third-order valence-electron chi connectivity index (χ3n) is 3.31. The van der Waals surface area contributed by atoms with Gasteiger partial charge < -0.3 is 9.74 Å². The average Bonchev–Trinajstić information content (AvgIpc) is 2.45. The molecule has 0 radical (unpaired) electrons. The van der Waals surface area contributed by atoms with E-state index < -0.39 is 5.91 Å². The maximum Gasteiger partial charge on any atom is 0.320 e. The minimum Gasteiger partial charge on any atom is -0.344 e. The van der Waals surface area contributed by atoms with Crippen LogP contribution in [0.5, 0.6) is 0 Å². The molecule has 0 saturated heterocycles. The van der Waals surface area contributed by atoms with Crippen molar-refractivity contribution in [1.29, 1.82) is 0 Å². The van der Waals surface area contributed by atoms with E-state index in [0.29, 0.717) is 6.54 Å². The second kappa shape index (κ2) is 8.50. The average molecular weight is 270 g/mol. The zero-order valence-corrected chi connectivity index (χ0v) is 11.4. The fourth-order valence-corrected chi connectivity index (χ4v) is 2.44. The Hall–Kier alpha value is -1.59. The van der Waals surface area contributed by atoms with Gasteiger partial charge in [-0.1, -0.05) is 26.2 Å². The Kier molecular flexibility index (Phi) is 6.92. The molecule has 1 saturated carbocycles. The van der Waals surface area contributed by atoms with Crippen molar-refractivity contribution >= 4 is 18.3 Å². The smallest absolute Gasteiger partial charge is 0.320 e. The summed E-state index contributed by atoms with van der Waals surface area (Å²) in [5.41, 5.74) is 1.98. The van der Waals surface area contributed by atoms with Crippen molar-refractivity contribution in [3.05, 3.63) is 0 Å². The molecule has 0 spiro atoms. The van der Waals surface area contributed by atoms with Crippen LogP contribution in [0.25, 0.3) is 0 Å². The fourth-order valence-electron chi connectivity index (χ4n) is 2.44. The van der Waals surface area contributed by atoms with E-state index in [1.54, 1.807) is 4.90 Å². The van der Waals surface area contributed by atoms with Crippen molar-refractivity contribution in [2.75, 3.05) is 13.1 Å². The summed E-state index contributed by atoms with van der Waals surface area (Å²) in [6.45, 7) is 2.59. The summed E-state index contributed by atoms with van der Waals surface area (Å²) in [5, 5.41) is 0. The van der Waals surface area contributed by atoms with Crippen LogP contribution in [0, 0.1) is 5.92 Å². The zero-order chi connectivity index (χ0) is 14.1. The van der Waals surface area contributed by atoms with Gasteiger partial charge in [-0.05, 0) is 19.3 Å². The Balaban J connectivity index is 2.51. The lowest BCUT2D eigenvalue weighted by molar-refractivity contribution is -0.150. The van der Waals surface area contributed by atoms with E-state index in [1.807, 2.05) is 12.4 Å². The Bertz CT molecular complexity index is 314. The van der Waals surface area contributed by atoms with E-state index >= 15 is 0 Å². The van der Waals surface area contributed by atoms with E-state index in [1.165, 1.54) is 6.42 Å². The quantitative estimate of drug-likeness (QED) is 0.553. The Morgan fingerprint density at radius 1 is 1.32 bits per heavy atom. The number of hydroxylamine groups is 1. The van der Waals surface area contributed by atoms with Gasteiger partial charge in [-0.25, -0.2) is 0 Å². The van der Waals surface area contributed by atoms with Crippen LogP contribution in [-0.2, 0) is 19.2 Å². The predicted octanol–water partition coefficient (Wildman–Crippen LogP) is 1.01. The van der Waals surface area contributed by atoms with E-state index in [2.05, 4.69) is 4.84 Å². The number of nitrogens with one attached hydrogen (secondary N) is 1. The van der Waals surface area contributed by atoms with Crippen LogP contribution in [0.15, 0.2) is 0 Å². The van der Waals surface area contributed by atoms with E-state index in [-0.39, 0.29) is 24.8 Å². The van der Waals surface area contributed by atoms with Gasteiger partial charge in [0.2, 0.25) is 5.91 Å². The molecule has 1 aliphatic rings. The molecule has 0 aromatic rings. The summed E-state index contributed by atoms with van der Waals surface area (Å²) in [6, 6.07) is 0. The molecule has 0 unspecified atom stereocenters. The first-order chi connectivity index (χ1) is 9.19. The summed E-state index contributed by atoms with van der Waals surface area (Å²) >= 11 is 0. The standard InChI is InChI=1S/C13H22N2O4/c1-2-8-15(9-12(17)14-19-10-16)13(18)11-6-4-3-5-7-11/h10-11H,2-9H2,1H3,(H,14,17).